The SMILES string of the molecule is CC(C)CCCCCCCCCCCCCCC(=O)NCCNCCN. The summed E-state index contributed by atoms with van der Waals surface area (Å²) in [6.45, 7) is 7.61. The van der Waals surface area contributed by atoms with Crippen LogP contribution in [0, 0.1) is 5.92 Å². The zero-order chi connectivity index (χ0) is 19.3. The Labute approximate surface area is 163 Å². The van der Waals surface area contributed by atoms with Crippen molar-refractivity contribution in [2.24, 2.45) is 11.7 Å². The van der Waals surface area contributed by atoms with Gasteiger partial charge < -0.3 is 16.4 Å². The molecule has 0 heterocycles. The van der Waals surface area contributed by atoms with Gasteiger partial charge in [-0.25, -0.2) is 0 Å². The minimum Gasteiger partial charge on any atom is -0.355 e. The monoisotopic (exact) mass is 369 g/mol. The van der Waals surface area contributed by atoms with Crippen molar-refractivity contribution in [3.63, 3.8) is 0 Å². The van der Waals surface area contributed by atoms with Crippen LogP contribution in [0.25, 0.3) is 0 Å². The van der Waals surface area contributed by atoms with Gasteiger partial charge in [-0.15, -0.1) is 0 Å². The van der Waals surface area contributed by atoms with Crippen LogP contribution in [0.5, 0.6) is 0 Å². The molecule has 0 aliphatic heterocycles. The molecular formula is C22H47N3O. The largest absolute Gasteiger partial charge is 0.355 e. The Hall–Kier alpha value is -0.610. The number of carbonyl (C=O) groups excluding carboxylic acids is 1. The number of carbonyl (C=O) groups is 1. The van der Waals surface area contributed by atoms with Crippen molar-refractivity contribution in [3.05, 3.63) is 0 Å². The van der Waals surface area contributed by atoms with Crippen molar-refractivity contribution >= 4 is 5.91 Å². The molecule has 0 radical (unpaired) electrons. The van der Waals surface area contributed by atoms with E-state index >= 15 is 0 Å². The summed E-state index contributed by atoms with van der Waals surface area (Å²) in [5.74, 6) is 1.06. The van der Waals surface area contributed by atoms with Gasteiger partial charge in [0, 0.05) is 32.6 Å². The molecule has 4 N–H and O–H groups in total. The van der Waals surface area contributed by atoms with Gasteiger partial charge in [-0.05, 0) is 12.3 Å². The van der Waals surface area contributed by atoms with Crippen molar-refractivity contribution in [2.75, 3.05) is 26.2 Å². The molecule has 26 heavy (non-hydrogen) atoms. The third-order valence-electron chi connectivity index (χ3n) is 4.88. The molecule has 0 aromatic carbocycles. The van der Waals surface area contributed by atoms with E-state index < -0.39 is 0 Å². The van der Waals surface area contributed by atoms with Crippen LogP contribution in [0.2, 0.25) is 0 Å². The van der Waals surface area contributed by atoms with E-state index in [1.54, 1.807) is 0 Å². The first kappa shape index (κ1) is 25.4. The van der Waals surface area contributed by atoms with Crippen LogP contribution < -0.4 is 16.4 Å². The number of hydrogen-bond acceptors (Lipinski definition) is 3. The summed E-state index contributed by atoms with van der Waals surface area (Å²) in [6, 6.07) is 0. The quantitative estimate of drug-likeness (QED) is 0.271. The molecule has 0 aromatic heterocycles. The zero-order valence-corrected chi connectivity index (χ0v) is 17.8. The molecule has 4 nitrogen and oxygen atoms in total. The van der Waals surface area contributed by atoms with E-state index in [-0.39, 0.29) is 5.91 Å². The summed E-state index contributed by atoms with van der Waals surface area (Å²) >= 11 is 0. The average Bonchev–Trinajstić information content (AvgIpc) is 2.61. The highest BCUT2D eigenvalue weighted by Gasteiger charge is 2.00. The molecule has 0 saturated heterocycles. The highest BCUT2D eigenvalue weighted by molar-refractivity contribution is 5.75. The predicted molar refractivity (Wildman–Crippen MR) is 114 cm³/mol. The number of amides is 1. The van der Waals surface area contributed by atoms with Gasteiger partial charge in [0.15, 0.2) is 0 Å². The summed E-state index contributed by atoms with van der Waals surface area (Å²) < 4.78 is 0. The molecule has 0 saturated carbocycles. The third-order valence-corrected chi connectivity index (χ3v) is 4.88. The Morgan fingerprint density at radius 1 is 0.731 bits per heavy atom. The molecular weight excluding hydrogens is 322 g/mol. The van der Waals surface area contributed by atoms with Gasteiger partial charge in [0.2, 0.25) is 5.91 Å². The van der Waals surface area contributed by atoms with Gasteiger partial charge in [-0.3, -0.25) is 4.79 Å². The molecule has 0 aliphatic carbocycles. The molecule has 156 valence electrons. The smallest absolute Gasteiger partial charge is 0.220 e. The van der Waals surface area contributed by atoms with E-state index in [1.165, 1.54) is 77.0 Å². The van der Waals surface area contributed by atoms with E-state index in [9.17, 15) is 4.79 Å². The summed E-state index contributed by atoms with van der Waals surface area (Å²) in [5, 5.41) is 6.12. The van der Waals surface area contributed by atoms with Gasteiger partial charge in [-0.1, -0.05) is 90.9 Å². The molecule has 0 spiro atoms. The minimum absolute atomic E-state index is 0.188. The van der Waals surface area contributed by atoms with Crippen molar-refractivity contribution in [1.82, 2.24) is 10.6 Å². The lowest BCUT2D eigenvalue weighted by atomic mass is 10.0. The number of nitrogens with two attached hydrogens (primary N) is 1. The second kappa shape index (κ2) is 20.7. The first-order valence-electron chi connectivity index (χ1n) is 11.3. The maximum absolute atomic E-state index is 11.6. The van der Waals surface area contributed by atoms with Gasteiger partial charge in [-0.2, -0.15) is 0 Å². The van der Waals surface area contributed by atoms with Crippen LogP contribution in [0.1, 0.15) is 104 Å². The van der Waals surface area contributed by atoms with E-state index in [1.807, 2.05) is 0 Å². The second-order valence-corrected chi connectivity index (χ2v) is 8.06. The number of rotatable bonds is 20. The molecule has 0 aliphatic rings. The molecule has 0 bridgehead atoms. The van der Waals surface area contributed by atoms with Gasteiger partial charge >= 0.3 is 0 Å². The predicted octanol–water partition coefficient (Wildman–Crippen LogP) is 4.77. The standard InChI is InChI=1S/C22H47N3O/c1-21(2)15-13-11-9-7-5-3-4-6-8-10-12-14-16-22(26)25-20-19-24-18-17-23/h21,24H,3-20,23H2,1-2H3,(H,25,26). The van der Waals surface area contributed by atoms with Crippen LogP contribution >= 0.6 is 0 Å². The lowest BCUT2D eigenvalue weighted by Gasteiger charge is -2.06. The zero-order valence-electron chi connectivity index (χ0n) is 17.8. The fraction of sp³-hybridized carbons (Fsp3) is 0.955. The van der Waals surface area contributed by atoms with E-state index in [4.69, 9.17) is 5.73 Å². The fourth-order valence-corrected chi connectivity index (χ4v) is 3.21. The van der Waals surface area contributed by atoms with E-state index in [0.29, 0.717) is 19.5 Å². The molecule has 0 fully saturated rings. The van der Waals surface area contributed by atoms with Crippen molar-refractivity contribution < 1.29 is 4.79 Å². The van der Waals surface area contributed by atoms with Gasteiger partial charge in [0.25, 0.3) is 0 Å². The van der Waals surface area contributed by atoms with Crippen LogP contribution in [0.3, 0.4) is 0 Å². The summed E-state index contributed by atoms with van der Waals surface area (Å²) in [5.41, 5.74) is 5.39. The number of hydrogen-bond donors (Lipinski definition) is 3. The topological polar surface area (TPSA) is 67.2 Å². The van der Waals surface area contributed by atoms with Crippen LogP contribution in [0.4, 0.5) is 0 Å². The maximum Gasteiger partial charge on any atom is 0.220 e. The first-order chi connectivity index (χ1) is 12.7. The molecule has 0 unspecified atom stereocenters. The highest BCUT2D eigenvalue weighted by atomic mass is 16.1. The van der Waals surface area contributed by atoms with E-state index in [0.717, 1.165) is 25.4 Å². The van der Waals surface area contributed by atoms with Crippen molar-refractivity contribution in [2.45, 2.75) is 104 Å². The lowest BCUT2D eigenvalue weighted by molar-refractivity contribution is -0.121. The Balaban J connectivity index is 3.11. The van der Waals surface area contributed by atoms with Gasteiger partial charge in [0.05, 0.1) is 0 Å². The summed E-state index contributed by atoms with van der Waals surface area (Å²) in [7, 11) is 0. The maximum atomic E-state index is 11.6. The van der Waals surface area contributed by atoms with Crippen LogP contribution in [0.15, 0.2) is 0 Å². The number of nitrogens with one attached hydrogen (secondary N) is 2. The first-order valence-corrected chi connectivity index (χ1v) is 11.3. The lowest BCUT2D eigenvalue weighted by Crippen LogP contribution is -2.33. The van der Waals surface area contributed by atoms with Crippen LogP contribution in [-0.2, 0) is 4.79 Å². The number of unbranched alkanes of at least 4 members (excludes halogenated alkanes) is 11. The van der Waals surface area contributed by atoms with E-state index in [2.05, 4.69) is 24.5 Å². The molecule has 1 amide bonds. The molecule has 0 atom stereocenters. The average molecular weight is 370 g/mol. The van der Waals surface area contributed by atoms with Crippen molar-refractivity contribution in [1.29, 1.82) is 0 Å². The molecule has 0 aromatic rings. The Bertz CT molecular complexity index is 295. The van der Waals surface area contributed by atoms with Crippen LogP contribution in [-0.4, -0.2) is 32.1 Å². The Morgan fingerprint density at radius 2 is 1.23 bits per heavy atom. The van der Waals surface area contributed by atoms with Gasteiger partial charge in [0.1, 0.15) is 0 Å². The minimum atomic E-state index is 0.188. The summed E-state index contributed by atoms with van der Waals surface area (Å²) in [6.07, 6.45) is 18.2. The summed E-state index contributed by atoms with van der Waals surface area (Å²) in [4.78, 5) is 11.6. The fourth-order valence-electron chi connectivity index (χ4n) is 3.21. The Kier molecular flexibility index (Phi) is 20.2. The molecule has 4 heteroatoms. The van der Waals surface area contributed by atoms with Crippen molar-refractivity contribution in [3.8, 4) is 0 Å². The normalized spacial score (nSPS) is 11.2. The second-order valence-electron chi connectivity index (χ2n) is 8.06. The third kappa shape index (κ3) is 21.4. The molecule has 0 rings (SSSR count). The highest BCUT2D eigenvalue weighted by Crippen LogP contribution is 2.14. The Morgan fingerprint density at radius 3 is 1.73 bits per heavy atom.